The molecule has 5 nitrogen and oxygen atoms in total. The van der Waals surface area contributed by atoms with Crippen molar-refractivity contribution in [2.24, 2.45) is 5.92 Å². The molecule has 2 aromatic rings. The number of nitrogens with one attached hydrogen (secondary N) is 1. The molecule has 3 heterocycles. The maximum atomic E-state index is 12.5. The van der Waals surface area contributed by atoms with Crippen LogP contribution in [-0.4, -0.2) is 35.5 Å². The molecule has 0 bridgehead atoms. The molecule has 0 radical (unpaired) electrons. The number of nitrogens with zero attached hydrogens (tertiary/aromatic N) is 3. The third kappa shape index (κ3) is 4.61. The highest BCUT2D eigenvalue weighted by Gasteiger charge is 2.25. The summed E-state index contributed by atoms with van der Waals surface area (Å²) in [5, 5.41) is 4.94. The third-order valence-electron chi connectivity index (χ3n) is 5.43. The van der Waals surface area contributed by atoms with Crippen LogP contribution >= 0.6 is 22.9 Å². The molecule has 0 saturated carbocycles. The van der Waals surface area contributed by atoms with E-state index in [0.29, 0.717) is 11.6 Å². The lowest BCUT2D eigenvalue weighted by Crippen LogP contribution is -2.41. The quantitative estimate of drug-likeness (QED) is 0.826. The van der Waals surface area contributed by atoms with Gasteiger partial charge in [0.25, 0.3) is 0 Å². The van der Waals surface area contributed by atoms with Crippen molar-refractivity contribution < 1.29 is 4.79 Å². The molecule has 1 aliphatic carbocycles. The Morgan fingerprint density at radius 2 is 2.07 bits per heavy atom. The summed E-state index contributed by atoms with van der Waals surface area (Å²) in [5.74, 6) is 1.21. The summed E-state index contributed by atoms with van der Waals surface area (Å²) >= 11 is 7.74. The molecule has 1 N–H and O–H groups in total. The zero-order valence-corrected chi connectivity index (χ0v) is 17.0. The minimum atomic E-state index is 0.0954. The number of hydrogen-bond donors (Lipinski definition) is 1. The maximum Gasteiger partial charge on any atom is 0.223 e. The van der Waals surface area contributed by atoms with Gasteiger partial charge in [0.15, 0.2) is 0 Å². The summed E-state index contributed by atoms with van der Waals surface area (Å²) in [4.78, 5) is 25.3. The molecule has 1 saturated heterocycles. The van der Waals surface area contributed by atoms with E-state index in [1.54, 1.807) is 6.20 Å². The number of pyridine rings is 1. The van der Waals surface area contributed by atoms with Crippen LogP contribution in [0.4, 0.5) is 5.82 Å². The monoisotopic (exact) mass is 404 g/mol. The maximum absolute atomic E-state index is 12.5. The number of aryl methyl sites for hydroxylation is 2. The molecular weight excluding hydrogens is 380 g/mol. The second-order valence-corrected chi connectivity index (χ2v) is 8.93. The van der Waals surface area contributed by atoms with Crippen molar-refractivity contribution in [2.75, 3.05) is 24.5 Å². The van der Waals surface area contributed by atoms with E-state index < -0.39 is 0 Å². The Balaban J connectivity index is 1.21. The number of carbonyl (C=O) groups excluding carboxylic acids is 1. The van der Waals surface area contributed by atoms with Gasteiger partial charge in [0.1, 0.15) is 5.82 Å². The predicted octanol–water partition coefficient (Wildman–Crippen LogP) is 3.65. The van der Waals surface area contributed by atoms with E-state index in [9.17, 15) is 4.79 Å². The van der Waals surface area contributed by atoms with Gasteiger partial charge in [-0.2, -0.15) is 0 Å². The summed E-state index contributed by atoms with van der Waals surface area (Å²) in [6, 6.07) is 3.80. The minimum Gasteiger partial charge on any atom is -0.357 e. The Hall–Kier alpha value is -1.66. The fourth-order valence-electron chi connectivity index (χ4n) is 3.88. The molecule has 27 heavy (non-hydrogen) atoms. The Kier molecular flexibility index (Phi) is 5.93. The van der Waals surface area contributed by atoms with Gasteiger partial charge in [0.2, 0.25) is 5.91 Å². The van der Waals surface area contributed by atoms with Crippen LogP contribution in [0.5, 0.6) is 0 Å². The van der Waals surface area contributed by atoms with Crippen LogP contribution in [0, 0.1) is 5.92 Å². The van der Waals surface area contributed by atoms with Crippen molar-refractivity contribution in [1.82, 2.24) is 15.3 Å². The van der Waals surface area contributed by atoms with Crippen LogP contribution in [0.1, 0.15) is 41.3 Å². The van der Waals surface area contributed by atoms with Gasteiger partial charge in [-0.1, -0.05) is 11.6 Å². The number of halogens is 1. The number of thiazole rings is 1. The average molecular weight is 405 g/mol. The Morgan fingerprint density at radius 3 is 2.81 bits per heavy atom. The van der Waals surface area contributed by atoms with Gasteiger partial charge in [-0.05, 0) is 50.7 Å². The summed E-state index contributed by atoms with van der Waals surface area (Å²) in [6.07, 6.45) is 9.10. The second kappa shape index (κ2) is 8.57. The van der Waals surface area contributed by atoms with Gasteiger partial charge in [0, 0.05) is 43.0 Å². The highest BCUT2D eigenvalue weighted by atomic mass is 35.5. The predicted molar refractivity (Wildman–Crippen MR) is 110 cm³/mol. The van der Waals surface area contributed by atoms with E-state index in [4.69, 9.17) is 16.6 Å². The van der Waals surface area contributed by atoms with Crippen LogP contribution in [-0.2, 0) is 24.1 Å². The summed E-state index contributed by atoms with van der Waals surface area (Å²) in [7, 11) is 0. The SMILES string of the molecule is O=C(NCCc1nc2c(s1)CCCC2)C1CCN(c2ccc(Cl)cn2)CC1. The van der Waals surface area contributed by atoms with Gasteiger partial charge in [-0.25, -0.2) is 9.97 Å². The van der Waals surface area contributed by atoms with E-state index in [1.165, 1.54) is 34.8 Å². The lowest BCUT2D eigenvalue weighted by Gasteiger charge is -2.32. The Bertz CT molecular complexity index is 760. The number of anilines is 1. The number of amides is 1. The molecule has 2 aliphatic rings. The Labute approximate surface area is 169 Å². The molecule has 0 spiro atoms. The van der Waals surface area contributed by atoms with Crippen LogP contribution < -0.4 is 10.2 Å². The summed E-state index contributed by atoms with van der Waals surface area (Å²) in [6.45, 7) is 2.39. The molecule has 1 aliphatic heterocycles. The fraction of sp³-hybridized carbons (Fsp3) is 0.550. The number of rotatable bonds is 5. The van der Waals surface area contributed by atoms with Crippen molar-refractivity contribution in [3.8, 4) is 0 Å². The Morgan fingerprint density at radius 1 is 1.26 bits per heavy atom. The van der Waals surface area contributed by atoms with Crippen LogP contribution in [0.15, 0.2) is 18.3 Å². The van der Waals surface area contributed by atoms with E-state index in [-0.39, 0.29) is 11.8 Å². The lowest BCUT2D eigenvalue weighted by atomic mass is 9.96. The highest BCUT2D eigenvalue weighted by Crippen LogP contribution is 2.27. The second-order valence-electron chi connectivity index (χ2n) is 7.32. The van der Waals surface area contributed by atoms with Crippen molar-refractivity contribution in [1.29, 1.82) is 0 Å². The molecule has 0 aromatic carbocycles. The zero-order chi connectivity index (χ0) is 18.6. The normalized spacial score (nSPS) is 17.6. The first-order valence-corrected chi connectivity index (χ1v) is 11.0. The van der Waals surface area contributed by atoms with Gasteiger partial charge in [0.05, 0.1) is 15.7 Å². The topological polar surface area (TPSA) is 58.1 Å². The fourth-order valence-corrected chi connectivity index (χ4v) is 5.14. The minimum absolute atomic E-state index is 0.0954. The van der Waals surface area contributed by atoms with Crippen LogP contribution in [0.3, 0.4) is 0 Å². The number of aromatic nitrogens is 2. The van der Waals surface area contributed by atoms with E-state index >= 15 is 0 Å². The van der Waals surface area contributed by atoms with Gasteiger partial charge in [-0.15, -0.1) is 11.3 Å². The van der Waals surface area contributed by atoms with E-state index in [0.717, 1.165) is 44.6 Å². The number of piperidine rings is 1. The number of carbonyl (C=O) groups is 1. The van der Waals surface area contributed by atoms with Crippen LogP contribution in [0.2, 0.25) is 5.02 Å². The van der Waals surface area contributed by atoms with Crippen LogP contribution in [0.25, 0.3) is 0 Å². The van der Waals surface area contributed by atoms with Gasteiger partial charge >= 0.3 is 0 Å². The largest absolute Gasteiger partial charge is 0.357 e. The van der Waals surface area contributed by atoms with Gasteiger partial charge < -0.3 is 10.2 Å². The highest BCUT2D eigenvalue weighted by molar-refractivity contribution is 7.11. The first-order chi connectivity index (χ1) is 13.2. The number of hydrogen-bond acceptors (Lipinski definition) is 5. The average Bonchev–Trinajstić information content (AvgIpc) is 3.11. The third-order valence-corrected chi connectivity index (χ3v) is 6.87. The van der Waals surface area contributed by atoms with Crippen molar-refractivity contribution in [3.05, 3.63) is 38.9 Å². The molecule has 0 atom stereocenters. The number of fused-ring (bicyclic) bond motifs is 1. The van der Waals surface area contributed by atoms with E-state index in [2.05, 4.69) is 15.2 Å². The molecule has 1 fully saturated rings. The zero-order valence-electron chi connectivity index (χ0n) is 15.4. The smallest absolute Gasteiger partial charge is 0.223 e. The van der Waals surface area contributed by atoms with Crippen molar-refractivity contribution >= 4 is 34.7 Å². The van der Waals surface area contributed by atoms with Crippen molar-refractivity contribution in [2.45, 2.75) is 44.9 Å². The van der Waals surface area contributed by atoms with E-state index in [1.807, 2.05) is 23.5 Å². The molecular formula is C20H25ClN4OS. The molecule has 2 aromatic heterocycles. The molecule has 7 heteroatoms. The summed E-state index contributed by atoms with van der Waals surface area (Å²) in [5.41, 5.74) is 1.30. The first kappa shape index (κ1) is 18.7. The molecule has 0 unspecified atom stereocenters. The molecule has 144 valence electrons. The van der Waals surface area contributed by atoms with Crippen molar-refractivity contribution in [3.63, 3.8) is 0 Å². The van der Waals surface area contributed by atoms with Gasteiger partial charge in [-0.3, -0.25) is 4.79 Å². The first-order valence-electron chi connectivity index (χ1n) is 9.81. The molecule has 1 amide bonds. The standard InChI is InChI=1S/C20H25ClN4OS/c21-15-5-6-18(23-13-15)25-11-8-14(9-12-25)20(26)22-10-7-19-24-16-3-1-2-4-17(16)27-19/h5-6,13-14H,1-4,7-12H2,(H,22,26). The molecule has 4 rings (SSSR count). The summed E-state index contributed by atoms with van der Waals surface area (Å²) < 4.78 is 0. The lowest BCUT2D eigenvalue weighted by molar-refractivity contribution is -0.125.